The van der Waals surface area contributed by atoms with Crippen LogP contribution in [0, 0.1) is 6.92 Å². The molecule has 4 rings (SSSR count). The van der Waals surface area contributed by atoms with Crippen molar-refractivity contribution in [1.82, 2.24) is 8.55 Å². The van der Waals surface area contributed by atoms with Gasteiger partial charge in [-0.3, -0.25) is 0 Å². The number of hydrogen-bond donors (Lipinski definition) is 0. The third-order valence-corrected chi connectivity index (χ3v) is 6.79. The minimum absolute atomic E-state index is 0.00451. The van der Waals surface area contributed by atoms with Gasteiger partial charge in [0.2, 0.25) is 0 Å². The number of fused-ring (bicyclic) bond motifs is 2. The normalized spacial score (nSPS) is 11.4. The molecule has 0 aliphatic carbocycles. The molecular formula is C15H10N2OSSe. The topological polar surface area (TPSA) is 34.9 Å². The molecule has 0 saturated carbocycles. The molecule has 2 heterocycles. The Labute approximate surface area is 125 Å². The van der Waals surface area contributed by atoms with Gasteiger partial charge in [0.05, 0.1) is 0 Å². The fraction of sp³-hybridized carbons (Fsp3) is 0.0667. The first-order valence-electron chi connectivity index (χ1n) is 6.21. The fourth-order valence-corrected chi connectivity index (χ4v) is 5.50. The minimum atomic E-state index is -0.00451. The van der Waals surface area contributed by atoms with E-state index in [1.165, 1.54) is 0 Å². The zero-order chi connectivity index (χ0) is 13.7. The predicted molar refractivity (Wildman–Crippen MR) is 84.4 cm³/mol. The van der Waals surface area contributed by atoms with Crippen LogP contribution in [0.5, 0.6) is 0 Å². The Bertz CT molecular complexity index is 996. The van der Waals surface area contributed by atoms with Gasteiger partial charge in [-0.25, -0.2) is 0 Å². The van der Waals surface area contributed by atoms with Crippen LogP contribution in [-0.2, 0) is 0 Å². The number of hydrogen-bond acceptors (Lipinski definition) is 3. The summed E-state index contributed by atoms with van der Waals surface area (Å²) in [5, 5.41) is 1.64. The summed E-state index contributed by atoms with van der Waals surface area (Å²) < 4.78 is 4.11. The van der Waals surface area contributed by atoms with Gasteiger partial charge >= 0.3 is 125 Å². The number of para-hydroxylation sites is 1. The quantitative estimate of drug-likeness (QED) is 0.497. The summed E-state index contributed by atoms with van der Waals surface area (Å²) in [4.78, 5) is 17.1. The third kappa shape index (κ3) is 1.71. The number of rotatable bonds is 1. The zero-order valence-electron chi connectivity index (χ0n) is 10.7. The van der Waals surface area contributed by atoms with E-state index >= 15 is 0 Å². The van der Waals surface area contributed by atoms with E-state index in [1.54, 1.807) is 11.3 Å². The molecule has 2 aromatic carbocycles. The Kier molecular flexibility index (Phi) is 2.67. The molecule has 0 bridgehead atoms. The summed E-state index contributed by atoms with van der Waals surface area (Å²) in [5.74, 6) is 0. The molecule has 2 aromatic heterocycles. The molecule has 0 aliphatic rings. The van der Waals surface area contributed by atoms with E-state index in [0.29, 0.717) is 0 Å². The van der Waals surface area contributed by atoms with Crippen LogP contribution < -0.4 is 5.56 Å². The summed E-state index contributed by atoms with van der Waals surface area (Å²) in [6.45, 7) is 2.05. The summed E-state index contributed by atoms with van der Waals surface area (Å²) in [6.07, 6.45) is 0. The van der Waals surface area contributed by atoms with E-state index in [9.17, 15) is 4.79 Å². The summed E-state index contributed by atoms with van der Waals surface area (Å²) in [5.41, 5.74) is 2.24. The van der Waals surface area contributed by atoms with Gasteiger partial charge in [0, 0.05) is 0 Å². The van der Waals surface area contributed by atoms with E-state index in [0.717, 1.165) is 30.6 Å². The first-order valence-corrected chi connectivity index (χ1v) is 8.65. The second-order valence-electron chi connectivity index (χ2n) is 4.61. The van der Waals surface area contributed by atoms with Crippen LogP contribution in [0.1, 0.15) is 5.56 Å². The van der Waals surface area contributed by atoms with Gasteiger partial charge in [-0.2, -0.15) is 0 Å². The fourth-order valence-electron chi connectivity index (χ4n) is 2.26. The van der Waals surface area contributed by atoms with Gasteiger partial charge < -0.3 is 0 Å². The molecule has 0 atom stereocenters. The van der Waals surface area contributed by atoms with E-state index in [-0.39, 0.29) is 20.3 Å². The van der Waals surface area contributed by atoms with Crippen LogP contribution in [0.3, 0.4) is 0 Å². The zero-order valence-corrected chi connectivity index (χ0v) is 13.2. The standard InChI is InChI=1S/C15H10N2OSSe/c1-9-5-4-7-11-13(9)16-15(19-11)17-14(18)10-6-2-3-8-12(10)20-17/h2-8H,1H3. The molecule has 0 fully saturated rings. The molecule has 20 heavy (non-hydrogen) atoms. The molecule has 0 N–H and O–H groups in total. The maximum absolute atomic E-state index is 12.5. The Morgan fingerprint density at radius 2 is 2.00 bits per heavy atom. The molecular weight excluding hydrogens is 335 g/mol. The van der Waals surface area contributed by atoms with Crippen molar-refractivity contribution >= 4 is 45.9 Å². The van der Waals surface area contributed by atoms with Crippen molar-refractivity contribution in [1.29, 1.82) is 0 Å². The average Bonchev–Trinajstić information content (AvgIpc) is 3.02. The van der Waals surface area contributed by atoms with Crippen molar-refractivity contribution in [2.45, 2.75) is 6.92 Å². The molecule has 0 unspecified atom stereocenters. The van der Waals surface area contributed by atoms with Crippen molar-refractivity contribution < 1.29 is 0 Å². The van der Waals surface area contributed by atoms with Crippen molar-refractivity contribution in [3.8, 4) is 5.13 Å². The van der Waals surface area contributed by atoms with Crippen molar-refractivity contribution in [2.24, 2.45) is 0 Å². The second kappa shape index (κ2) is 4.42. The maximum atomic E-state index is 12.5. The monoisotopic (exact) mass is 346 g/mol. The molecule has 3 nitrogen and oxygen atoms in total. The Morgan fingerprint density at radius 1 is 1.15 bits per heavy atom. The van der Waals surface area contributed by atoms with Crippen LogP contribution in [0.4, 0.5) is 0 Å². The number of aryl methyl sites for hydroxylation is 1. The van der Waals surface area contributed by atoms with Crippen LogP contribution in [-0.4, -0.2) is 23.3 Å². The van der Waals surface area contributed by atoms with Crippen LogP contribution >= 0.6 is 11.3 Å². The van der Waals surface area contributed by atoms with E-state index in [4.69, 9.17) is 0 Å². The van der Waals surface area contributed by atoms with Crippen LogP contribution in [0.2, 0.25) is 0 Å². The molecule has 0 aliphatic heterocycles. The Morgan fingerprint density at radius 3 is 2.80 bits per heavy atom. The molecule has 0 saturated heterocycles. The number of nitrogens with zero attached hydrogens (tertiary/aromatic N) is 2. The van der Waals surface area contributed by atoms with Gasteiger partial charge in [0.1, 0.15) is 0 Å². The summed E-state index contributed by atoms with van der Waals surface area (Å²) in [6, 6.07) is 14.0. The predicted octanol–water partition coefficient (Wildman–Crippen LogP) is 2.97. The third-order valence-electron chi connectivity index (χ3n) is 3.27. The van der Waals surface area contributed by atoms with Gasteiger partial charge in [-0.15, -0.1) is 0 Å². The van der Waals surface area contributed by atoms with Crippen LogP contribution in [0.15, 0.2) is 47.3 Å². The van der Waals surface area contributed by atoms with E-state index < -0.39 is 0 Å². The molecule has 5 heteroatoms. The SMILES string of the molecule is Cc1cccc2sc(-n3[se]c4ccccc4c3=O)nc12. The first kappa shape index (κ1) is 12.1. The Balaban J connectivity index is 2.04. The van der Waals surface area contributed by atoms with Crippen molar-refractivity contribution in [3.63, 3.8) is 0 Å². The number of benzene rings is 2. The molecule has 0 amide bonds. The van der Waals surface area contributed by atoms with Gasteiger partial charge in [-0.05, 0) is 0 Å². The average molecular weight is 345 g/mol. The van der Waals surface area contributed by atoms with Crippen molar-refractivity contribution in [3.05, 3.63) is 58.4 Å². The van der Waals surface area contributed by atoms with Gasteiger partial charge in [-0.1, -0.05) is 0 Å². The second-order valence-corrected chi connectivity index (χ2v) is 7.69. The molecule has 98 valence electrons. The Hall–Kier alpha value is -1.68. The van der Waals surface area contributed by atoms with E-state index in [1.807, 2.05) is 33.9 Å². The first-order chi connectivity index (χ1) is 9.74. The number of thiazole rings is 1. The van der Waals surface area contributed by atoms with Gasteiger partial charge in [0.25, 0.3) is 0 Å². The summed E-state index contributed by atoms with van der Waals surface area (Å²) >= 11 is 1.59. The van der Waals surface area contributed by atoms with Crippen LogP contribution in [0.25, 0.3) is 25.0 Å². The molecule has 0 radical (unpaired) electrons. The van der Waals surface area contributed by atoms with Gasteiger partial charge in [0.15, 0.2) is 0 Å². The summed E-state index contributed by atoms with van der Waals surface area (Å²) in [7, 11) is 0. The van der Waals surface area contributed by atoms with Crippen molar-refractivity contribution in [2.75, 3.05) is 0 Å². The molecule has 0 spiro atoms. The molecule has 4 aromatic rings. The number of aromatic nitrogens is 2. The van der Waals surface area contributed by atoms with E-state index in [2.05, 4.69) is 24.0 Å².